The van der Waals surface area contributed by atoms with E-state index in [0.29, 0.717) is 27.3 Å². The highest BCUT2D eigenvalue weighted by Gasteiger charge is 2.36. The molecule has 1 aromatic carbocycles. The zero-order valence-electron chi connectivity index (χ0n) is 17.8. The number of ether oxygens (including phenoxy) is 1. The lowest BCUT2D eigenvalue weighted by molar-refractivity contribution is 0.0694. The summed E-state index contributed by atoms with van der Waals surface area (Å²) in [6, 6.07) is 4.66. The number of aromatic nitrogens is 1. The summed E-state index contributed by atoms with van der Waals surface area (Å²) in [4.78, 5) is 25.1. The third-order valence-electron chi connectivity index (χ3n) is 6.01. The van der Waals surface area contributed by atoms with Crippen molar-refractivity contribution in [2.24, 2.45) is 5.73 Å². The smallest absolute Gasteiger partial charge is 0.341 e. The van der Waals surface area contributed by atoms with Crippen LogP contribution in [-0.2, 0) is 10.0 Å². The summed E-state index contributed by atoms with van der Waals surface area (Å²) >= 11 is 1.11. The molecule has 1 atom stereocenters. The van der Waals surface area contributed by atoms with Crippen LogP contribution in [0.2, 0.25) is 0 Å². The molecule has 0 bridgehead atoms. The molecule has 1 fully saturated rings. The fourth-order valence-corrected chi connectivity index (χ4v) is 7.41. The van der Waals surface area contributed by atoms with Crippen molar-refractivity contribution >= 4 is 50.6 Å². The number of aromatic carboxylic acids is 1. The first-order valence-corrected chi connectivity index (χ1v) is 12.3. The number of benzene rings is 1. The maximum atomic E-state index is 12.9. The van der Waals surface area contributed by atoms with Crippen LogP contribution in [0.25, 0.3) is 21.3 Å². The molecule has 0 saturated heterocycles. The number of likely N-dealkylation sites (N-methyl/N-ethyl adjacent to an activating group) is 1. The van der Waals surface area contributed by atoms with Crippen LogP contribution in [0.1, 0.15) is 40.8 Å². The standard InChI is InChI=1S/C21H21N3O6S2.ClH/c1-23-9-15(22)13-7-16(31-21(13)32(23,28)29)11-5-6-12-17(19(11)30-2)24(10-3-4-10)8-14(18(12)25)20(26)27;/h5-8,10,15H,3-4,9,22H2,1-2H3,(H,26,27);1H. The van der Waals surface area contributed by atoms with E-state index in [-0.39, 0.29) is 40.2 Å². The second-order valence-corrected chi connectivity index (χ2v) is 11.4. The summed E-state index contributed by atoms with van der Waals surface area (Å²) in [5.41, 5.74) is 7.05. The number of carbonyl (C=O) groups is 1. The number of fused-ring (bicyclic) bond motifs is 2. The van der Waals surface area contributed by atoms with Gasteiger partial charge in [0.1, 0.15) is 9.77 Å². The zero-order chi connectivity index (χ0) is 22.9. The summed E-state index contributed by atoms with van der Waals surface area (Å²) in [7, 11) is -0.642. The maximum Gasteiger partial charge on any atom is 0.341 e. The van der Waals surface area contributed by atoms with Gasteiger partial charge in [0, 0.05) is 47.9 Å². The Hall–Kier alpha value is -2.44. The summed E-state index contributed by atoms with van der Waals surface area (Å²) in [6.07, 6.45) is 3.13. The molecule has 0 radical (unpaired) electrons. The summed E-state index contributed by atoms with van der Waals surface area (Å²) in [5.74, 6) is -0.870. The number of methoxy groups -OCH3 is 1. The number of pyridine rings is 1. The van der Waals surface area contributed by atoms with Crippen LogP contribution in [0.5, 0.6) is 5.75 Å². The van der Waals surface area contributed by atoms with Crippen LogP contribution in [-0.4, -0.2) is 49.1 Å². The van der Waals surface area contributed by atoms with Gasteiger partial charge in [0.05, 0.1) is 18.0 Å². The largest absolute Gasteiger partial charge is 0.494 e. The average molecular weight is 512 g/mol. The van der Waals surface area contributed by atoms with Gasteiger partial charge in [-0.25, -0.2) is 13.2 Å². The molecule has 3 heterocycles. The molecule has 176 valence electrons. The van der Waals surface area contributed by atoms with Gasteiger partial charge in [0.25, 0.3) is 10.0 Å². The Morgan fingerprint density at radius 1 is 1.30 bits per heavy atom. The lowest BCUT2D eigenvalue weighted by Crippen LogP contribution is -2.38. The number of hydrogen-bond acceptors (Lipinski definition) is 7. The van der Waals surface area contributed by atoms with Gasteiger partial charge in [-0.3, -0.25) is 4.79 Å². The predicted octanol–water partition coefficient (Wildman–Crippen LogP) is 2.83. The Kier molecular flexibility index (Phi) is 5.82. The third-order valence-corrected chi connectivity index (χ3v) is 9.54. The fraction of sp³-hybridized carbons (Fsp3) is 0.333. The minimum absolute atomic E-state index is 0. The highest BCUT2D eigenvalue weighted by Crippen LogP contribution is 2.47. The van der Waals surface area contributed by atoms with Crippen molar-refractivity contribution in [3.63, 3.8) is 0 Å². The fourth-order valence-electron chi connectivity index (χ4n) is 4.21. The SMILES string of the molecule is COc1c(-c2cc3c(s2)S(=O)(=O)N(C)CC3N)ccc2c(=O)c(C(=O)O)cn(C3CC3)c12.Cl. The van der Waals surface area contributed by atoms with Crippen LogP contribution >= 0.6 is 23.7 Å². The van der Waals surface area contributed by atoms with Crippen molar-refractivity contribution in [2.75, 3.05) is 20.7 Å². The number of rotatable bonds is 4. The van der Waals surface area contributed by atoms with Gasteiger partial charge in [-0.05, 0) is 31.0 Å². The second-order valence-electron chi connectivity index (χ2n) is 8.10. The molecule has 33 heavy (non-hydrogen) atoms. The highest BCUT2D eigenvalue weighted by atomic mass is 35.5. The van der Waals surface area contributed by atoms with Gasteiger partial charge in [0.15, 0.2) is 5.75 Å². The number of nitrogens with zero attached hydrogens (tertiary/aromatic N) is 2. The van der Waals surface area contributed by atoms with E-state index in [1.807, 2.05) is 0 Å². The molecule has 3 aromatic rings. The Labute approximate surface area is 199 Å². The van der Waals surface area contributed by atoms with Crippen molar-refractivity contribution in [3.8, 4) is 16.2 Å². The van der Waals surface area contributed by atoms with E-state index in [0.717, 1.165) is 24.2 Å². The van der Waals surface area contributed by atoms with E-state index in [4.69, 9.17) is 10.5 Å². The normalized spacial score (nSPS) is 19.7. The third kappa shape index (κ3) is 3.55. The predicted molar refractivity (Wildman–Crippen MR) is 127 cm³/mol. The molecule has 0 spiro atoms. The van der Waals surface area contributed by atoms with Crippen molar-refractivity contribution in [3.05, 3.63) is 45.7 Å². The maximum absolute atomic E-state index is 12.9. The number of carboxylic acid groups (broad SMARTS) is 1. The first kappa shape index (κ1) is 23.7. The minimum atomic E-state index is -3.63. The van der Waals surface area contributed by atoms with Crippen LogP contribution in [0, 0.1) is 0 Å². The molecule has 1 unspecified atom stereocenters. The number of thiophene rings is 1. The van der Waals surface area contributed by atoms with Gasteiger partial charge in [-0.15, -0.1) is 23.7 Å². The molecule has 9 nitrogen and oxygen atoms in total. The number of sulfonamides is 1. The number of hydrogen-bond donors (Lipinski definition) is 2. The van der Waals surface area contributed by atoms with Crippen molar-refractivity contribution in [1.29, 1.82) is 0 Å². The molecule has 3 N–H and O–H groups in total. The van der Waals surface area contributed by atoms with Crippen molar-refractivity contribution < 1.29 is 23.1 Å². The first-order chi connectivity index (χ1) is 15.1. The van der Waals surface area contributed by atoms with E-state index in [1.165, 1.54) is 24.7 Å². The van der Waals surface area contributed by atoms with Gasteiger partial charge in [0.2, 0.25) is 5.43 Å². The molecule has 1 aliphatic carbocycles. The average Bonchev–Trinajstić information content (AvgIpc) is 3.48. The van der Waals surface area contributed by atoms with Gasteiger partial charge >= 0.3 is 5.97 Å². The quantitative estimate of drug-likeness (QED) is 0.550. The molecular weight excluding hydrogens is 490 g/mol. The van der Waals surface area contributed by atoms with Crippen molar-refractivity contribution in [1.82, 2.24) is 8.87 Å². The number of nitrogens with two attached hydrogens (primary N) is 1. The monoisotopic (exact) mass is 511 g/mol. The van der Waals surface area contributed by atoms with Crippen LogP contribution < -0.4 is 15.9 Å². The number of halogens is 1. The van der Waals surface area contributed by atoms with Gasteiger partial charge in [-0.2, -0.15) is 4.31 Å². The highest BCUT2D eigenvalue weighted by molar-refractivity contribution is 7.91. The Morgan fingerprint density at radius 3 is 2.61 bits per heavy atom. The van der Waals surface area contributed by atoms with Gasteiger partial charge in [-0.1, -0.05) is 0 Å². The molecular formula is C21H22ClN3O6S2. The van der Waals surface area contributed by atoms with Crippen molar-refractivity contribution in [2.45, 2.75) is 29.1 Å². The van der Waals surface area contributed by atoms with Crippen LogP contribution in [0.3, 0.4) is 0 Å². The summed E-state index contributed by atoms with van der Waals surface area (Å²) in [6.45, 7) is 0.194. The van der Waals surface area contributed by atoms with E-state index in [9.17, 15) is 23.1 Å². The molecule has 2 aromatic heterocycles. The second kappa shape index (κ2) is 8.10. The molecule has 2 aliphatic rings. The molecule has 1 aliphatic heterocycles. The molecule has 0 amide bonds. The van der Waals surface area contributed by atoms with Crippen LogP contribution in [0.4, 0.5) is 0 Å². The molecule has 12 heteroatoms. The Balaban J connectivity index is 0.00000259. The lowest BCUT2D eigenvalue weighted by Gasteiger charge is -2.26. The van der Waals surface area contributed by atoms with Gasteiger partial charge < -0.3 is 20.1 Å². The van der Waals surface area contributed by atoms with E-state index >= 15 is 0 Å². The number of carboxylic acids is 1. The Morgan fingerprint density at radius 2 is 2.00 bits per heavy atom. The lowest BCUT2D eigenvalue weighted by atomic mass is 10.0. The summed E-state index contributed by atoms with van der Waals surface area (Å²) in [5, 5.41) is 9.74. The van der Waals surface area contributed by atoms with E-state index in [1.54, 1.807) is 22.8 Å². The molecule has 1 saturated carbocycles. The minimum Gasteiger partial charge on any atom is -0.494 e. The first-order valence-electron chi connectivity index (χ1n) is 10.00. The zero-order valence-corrected chi connectivity index (χ0v) is 20.2. The summed E-state index contributed by atoms with van der Waals surface area (Å²) < 4.78 is 34.6. The van der Waals surface area contributed by atoms with E-state index in [2.05, 4.69) is 0 Å². The van der Waals surface area contributed by atoms with Crippen LogP contribution in [0.15, 0.2) is 33.4 Å². The van der Waals surface area contributed by atoms with E-state index < -0.39 is 27.5 Å². The topological polar surface area (TPSA) is 132 Å². The molecule has 5 rings (SSSR count). The Bertz CT molecular complexity index is 1460.